The maximum atomic E-state index is 13.2. The molecular weight excluding hydrogens is 431 g/mol. The molecular formula is C23H34BClN2O5. The molecule has 0 saturated carbocycles. The van der Waals surface area contributed by atoms with Crippen molar-refractivity contribution < 1.29 is 23.6 Å². The van der Waals surface area contributed by atoms with Crippen LogP contribution in [0.1, 0.15) is 71.7 Å². The maximum absolute atomic E-state index is 13.2. The number of carbonyl (C=O) groups excluding carboxylic acids is 2. The summed E-state index contributed by atoms with van der Waals surface area (Å²) < 4.78 is 17.5. The van der Waals surface area contributed by atoms with Crippen molar-refractivity contribution in [2.75, 3.05) is 13.1 Å². The maximum Gasteiger partial charge on any atom is 0.494 e. The summed E-state index contributed by atoms with van der Waals surface area (Å²) in [7, 11) is -0.543. The Morgan fingerprint density at radius 2 is 1.81 bits per heavy atom. The number of likely N-dealkylation sites (tertiary alicyclic amines) is 1. The van der Waals surface area contributed by atoms with Crippen LogP contribution >= 0.6 is 11.6 Å². The number of halogens is 1. The zero-order valence-corrected chi connectivity index (χ0v) is 20.8. The Bertz CT molecular complexity index is 868. The van der Waals surface area contributed by atoms with E-state index >= 15 is 0 Å². The number of nitrogens with zero attached hydrogens (tertiary/aromatic N) is 1. The SMILES string of the molecule is CC(C)(C)OC(=O)N[C@@H]1CCCN(C(=O)c2ccc(B3OC(C)(C)C(C)(C)O3)cc2Cl)C1. The van der Waals surface area contributed by atoms with E-state index in [0.29, 0.717) is 23.7 Å². The molecule has 2 aliphatic rings. The van der Waals surface area contributed by atoms with Crippen LogP contribution in [-0.4, -0.2) is 60.0 Å². The molecule has 0 unspecified atom stereocenters. The van der Waals surface area contributed by atoms with Gasteiger partial charge in [0.2, 0.25) is 0 Å². The average molecular weight is 465 g/mol. The first-order chi connectivity index (χ1) is 14.7. The normalized spacial score (nSPS) is 22.6. The average Bonchev–Trinajstić information content (AvgIpc) is 2.87. The van der Waals surface area contributed by atoms with E-state index in [4.69, 9.17) is 25.6 Å². The first-order valence-corrected chi connectivity index (χ1v) is 11.5. The van der Waals surface area contributed by atoms with E-state index in [-0.39, 0.29) is 11.9 Å². The van der Waals surface area contributed by atoms with Gasteiger partial charge in [-0.25, -0.2) is 4.79 Å². The molecule has 2 heterocycles. The Hall–Kier alpha value is -1.77. The molecule has 9 heteroatoms. The van der Waals surface area contributed by atoms with E-state index in [2.05, 4.69) is 5.32 Å². The molecule has 0 aromatic heterocycles. The van der Waals surface area contributed by atoms with Crippen molar-refractivity contribution >= 4 is 36.2 Å². The monoisotopic (exact) mass is 464 g/mol. The van der Waals surface area contributed by atoms with Crippen molar-refractivity contribution in [3.05, 3.63) is 28.8 Å². The van der Waals surface area contributed by atoms with Gasteiger partial charge in [0.25, 0.3) is 5.91 Å². The van der Waals surface area contributed by atoms with Crippen LogP contribution in [0.4, 0.5) is 4.79 Å². The molecule has 1 aromatic carbocycles. The fourth-order valence-corrected chi connectivity index (χ4v) is 4.02. The van der Waals surface area contributed by atoms with Crippen molar-refractivity contribution in [1.82, 2.24) is 10.2 Å². The van der Waals surface area contributed by atoms with Gasteiger partial charge in [-0.1, -0.05) is 17.7 Å². The van der Waals surface area contributed by atoms with Crippen molar-refractivity contribution in [3.8, 4) is 0 Å². The lowest BCUT2D eigenvalue weighted by atomic mass is 9.79. The summed E-state index contributed by atoms with van der Waals surface area (Å²) in [6.07, 6.45) is 1.11. The summed E-state index contributed by atoms with van der Waals surface area (Å²) in [6.45, 7) is 14.4. The van der Waals surface area contributed by atoms with Gasteiger partial charge in [-0.15, -0.1) is 0 Å². The van der Waals surface area contributed by atoms with Gasteiger partial charge in [0.1, 0.15) is 5.60 Å². The van der Waals surface area contributed by atoms with Crippen LogP contribution in [0.15, 0.2) is 18.2 Å². The van der Waals surface area contributed by atoms with Crippen molar-refractivity contribution in [1.29, 1.82) is 0 Å². The molecule has 1 N–H and O–H groups in total. The number of hydrogen-bond donors (Lipinski definition) is 1. The number of amides is 2. The number of nitrogens with one attached hydrogen (secondary N) is 1. The van der Waals surface area contributed by atoms with E-state index in [1.54, 1.807) is 17.0 Å². The number of benzene rings is 1. The van der Waals surface area contributed by atoms with Gasteiger partial charge in [-0.3, -0.25) is 4.79 Å². The summed E-state index contributed by atoms with van der Waals surface area (Å²) in [5, 5.41) is 3.22. The van der Waals surface area contributed by atoms with Gasteiger partial charge in [0.05, 0.1) is 21.8 Å². The van der Waals surface area contributed by atoms with Gasteiger partial charge < -0.3 is 24.3 Å². The third-order valence-corrected chi connectivity index (χ3v) is 6.49. The molecule has 2 fully saturated rings. The van der Waals surface area contributed by atoms with Crippen molar-refractivity contribution in [3.63, 3.8) is 0 Å². The predicted molar refractivity (Wildman–Crippen MR) is 125 cm³/mol. The van der Waals surface area contributed by atoms with Crippen LogP contribution < -0.4 is 10.8 Å². The Balaban J connectivity index is 1.67. The Morgan fingerprint density at radius 1 is 1.19 bits per heavy atom. The van der Waals surface area contributed by atoms with Crippen LogP contribution in [0.3, 0.4) is 0 Å². The van der Waals surface area contributed by atoms with Crippen LogP contribution in [0, 0.1) is 0 Å². The molecule has 0 spiro atoms. The molecule has 0 bridgehead atoms. The van der Waals surface area contributed by atoms with Crippen molar-refractivity contribution in [2.24, 2.45) is 0 Å². The molecule has 2 saturated heterocycles. The van der Waals surface area contributed by atoms with E-state index < -0.39 is 30.0 Å². The second-order valence-corrected chi connectivity index (χ2v) is 11.0. The van der Waals surface area contributed by atoms with Crippen LogP contribution in [-0.2, 0) is 14.0 Å². The third-order valence-electron chi connectivity index (χ3n) is 6.18. The van der Waals surface area contributed by atoms with Crippen LogP contribution in [0.2, 0.25) is 5.02 Å². The van der Waals surface area contributed by atoms with Crippen molar-refractivity contribution in [2.45, 2.75) is 84.2 Å². The molecule has 2 amide bonds. The number of alkyl carbamates (subject to hydrolysis) is 1. The Kier molecular flexibility index (Phi) is 6.90. The lowest BCUT2D eigenvalue weighted by Gasteiger charge is -2.33. The van der Waals surface area contributed by atoms with E-state index in [0.717, 1.165) is 18.3 Å². The molecule has 176 valence electrons. The van der Waals surface area contributed by atoms with Gasteiger partial charge in [-0.05, 0) is 78.9 Å². The van der Waals surface area contributed by atoms with E-state index in [1.807, 2.05) is 54.5 Å². The fraction of sp³-hybridized carbons (Fsp3) is 0.652. The molecule has 3 rings (SSSR count). The summed E-state index contributed by atoms with van der Waals surface area (Å²) >= 11 is 6.51. The predicted octanol–water partition coefficient (Wildman–Crippen LogP) is 3.77. The summed E-state index contributed by atoms with van der Waals surface area (Å²) in [5.74, 6) is -0.161. The zero-order valence-electron chi connectivity index (χ0n) is 20.1. The molecule has 2 aliphatic heterocycles. The standard InChI is InChI=1S/C23H34BClN2O5/c1-21(2,3)30-20(29)26-16-9-8-12-27(14-16)19(28)17-11-10-15(13-18(17)25)24-31-22(4,5)23(6,7)32-24/h10-11,13,16H,8-9,12,14H2,1-7H3,(H,26,29)/t16-/m1/s1. The topological polar surface area (TPSA) is 77.1 Å². The first kappa shape index (κ1) is 24.9. The number of ether oxygens (including phenoxy) is 1. The fourth-order valence-electron chi connectivity index (χ4n) is 3.75. The lowest BCUT2D eigenvalue weighted by molar-refractivity contribution is 0.00578. The highest BCUT2D eigenvalue weighted by Gasteiger charge is 2.51. The van der Waals surface area contributed by atoms with E-state index in [1.165, 1.54) is 0 Å². The summed E-state index contributed by atoms with van der Waals surface area (Å²) in [5.41, 5.74) is -0.288. The molecule has 32 heavy (non-hydrogen) atoms. The van der Waals surface area contributed by atoms with Gasteiger partial charge in [0.15, 0.2) is 0 Å². The van der Waals surface area contributed by atoms with E-state index in [9.17, 15) is 9.59 Å². The number of hydrogen-bond acceptors (Lipinski definition) is 5. The highest BCUT2D eigenvalue weighted by atomic mass is 35.5. The van der Waals surface area contributed by atoms with Gasteiger partial charge in [-0.2, -0.15) is 0 Å². The summed E-state index contributed by atoms with van der Waals surface area (Å²) in [4.78, 5) is 27.0. The van der Waals surface area contributed by atoms with Crippen LogP contribution in [0.5, 0.6) is 0 Å². The molecule has 0 radical (unpaired) electrons. The minimum atomic E-state index is -0.569. The molecule has 1 aromatic rings. The highest BCUT2D eigenvalue weighted by molar-refractivity contribution is 6.62. The smallest absolute Gasteiger partial charge is 0.444 e. The Morgan fingerprint density at radius 3 is 2.38 bits per heavy atom. The minimum absolute atomic E-state index is 0.161. The summed E-state index contributed by atoms with van der Waals surface area (Å²) in [6, 6.07) is 5.11. The minimum Gasteiger partial charge on any atom is -0.444 e. The second-order valence-electron chi connectivity index (χ2n) is 10.6. The van der Waals surface area contributed by atoms with Gasteiger partial charge in [0, 0.05) is 19.1 Å². The van der Waals surface area contributed by atoms with Crippen LogP contribution in [0.25, 0.3) is 0 Å². The molecule has 1 atom stereocenters. The third kappa shape index (κ3) is 5.59. The number of piperidine rings is 1. The molecule has 7 nitrogen and oxygen atoms in total. The Labute approximate surface area is 196 Å². The largest absolute Gasteiger partial charge is 0.494 e. The van der Waals surface area contributed by atoms with Gasteiger partial charge >= 0.3 is 13.2 Å². The highest BCUT2D eigenvalue weighted by Crippen LogP contribution is 2.36. The number of carbonyl (C=O) groups is 2. The lowest BCUT2D eigenvalue weighted by Crippen LogP contribution is -2.50. The first-order valence-electron chi connectivity index (χ1n) is 11.1. The quantitative estimate of drug-likeness (QED) is 0.689. The zero-order chi connectivity index (χ0) is 23.9. The molecule has 0 aliphatic carbocycles. The second kappa shape index (κ2) is 8.88. The number of rotatable bonds is 3.